The van der Waals surface area contributed by atoms with Crippen LogP contribution in [0.2, 0.25) is 0 Å². The number of fused-ring (bicyclic) bond motifs is 1. The summed E-state index contributed by atoms with van der Waals surface area (Å²) in [5.74, 6) is 1.34. The minimum atomic E-state index is -0.114. The van der Waals surface area contributed by atoms with Gasteiger partial charge in [-0.05, 0) is 31.0 Å². The minimum absolute atomic E-state index is 0.0573. The third-order valence-electron chi connectivity index (χ3n) is 3.78. The predicted octanol–water partition coefficient (Wildman–Crippen LogP) is 1.60. The summed E-state index contributed by atoms with van der Waals surface area (Å²) in [6, 6.07) is 5.63. The Balaban J connectivity index is 1.98. The number of nitrogens with zero attached hydrogens (tertiary/aromatic N) is 2. The summed E-state index contributed by atoms with van der Waals surface area (Å²) in [5.41, 5.74) is 4.39. The first-order valence-corrected chi connectivity index (χ1v) is 6.61. The first-order valence-electron chi connectivity index (χ1n) is 6.61. The highest BCUT2D eigenvalue weighted by atomic mass is 16.5. The number of carbonyl (C=O) groups is 1. The molecule has 0 spiro atoms. The molecule has 6 nitrogen and oxygen atoms in total. The number of benzene rings is 1. The zero-order valence-electron chi connectivity index (χ0n) is 11.5. The molecule has 106 valence electrons. The molecule has 2 amide bonds. The van der Waals surface area contributed by atoms with E-state index in [-0.39, 0.29) is 12.1 Å². The smallest absolute Gasteiger partial charge is 0.338 e. The number of hydrogen-bond acceptors (Lipinski definition) is 4. The molecule has 1 fully saturated rings. The Bertz CT molecular complexity index is 571. The van der Waals surface area contributed by atoms with Crippen LogP contribution in [0.25, 0.3) is 0 Å². The van der Waals surface area contributed by atoms with Crippen LogP contribution in [0.3, 0.4) is 0 Å². The first kappa shape index (κ1) is 12.8. The molecule has 20 heavy (non-hydrogen) atoms. The van der Waals surface area contributed by atoms with E-state index in [1.54, 1.807) is 14.2 Å². The van der Waals surface area contributed by atoms with Crippen molar-refractivity contribution in [1.29, 1.82) is 0 Å². The van der Waals surface area contributed by atoms with E-state index in [0.717, 1.165) is 30.7 Å². The van der Waals surface area contributed by atoms with Crippen molar-refractivity contribution in [3.63, 3.8) is 0 Å². The molecular weight excluding hydrogens is 258 g/mol. The van der Waals surface area contributed by atoms with E-state index in [0.29, 0.717) is 11.5 Å². The normalized spacial score (nSPS) is 21.1. The Labute approximate surface area is 117 Å². The summed E-state index contributed by atoms with van der Waals surface area (Å²) >= 11 is 0. The molecule has 1 aromatic rings. The standard InChI is InChI=1S/C14H17N3O3/c1-19-11-6-5-9(8-12(11)20-2)13-10-4-3-7-17(10)14(18)16-15-13/h5-6,8,10H,3-4,7H2,1-2H3,(H,16,18). The summed E-state index contributed by atoms with van der Waals surface area (Å²) in [6.07, 6.45) is 1.95. The maximum Gasteiger partial charge on any atom is 0.338 e. The molecular formula is C14H17N3O3. The van der Waals surface area contributed by atoms with Crippen molar-refractivity contribution in [2.24, 2.45) is 5.10 Å². The van der Waals surface area contributed by atoms with Gasteiger partial charge in [-0.3, -0.25) is 0 Å². The Morgan fingerprint density at radius 2 is 2.10 bits per heavy atom. The van der Waals surface area contributed by atoms with Gasteiger partial charge in [0.05, 0.1) is 26.0 Å². The van der Waals surface area contributed by atoms with E-state index >= 15 is 0 Å². The third kappa shape index (κ3) is 1.97. The summed E-state index contributed by atoms with van der Waals surface area (Å²) in [5, 5.41) is 4.23. The Morgan fingerprint density at radius 3 is 2.85 bits per heavy atom. The molecule has 0 saturated carbocycles. The lowest BCUT2D eigenvalue weighted by Crippen LogP contribution is -2.49. The van der Waals surface area contributed by atoms with Crippen molar-refractivity contribution < 1.29 is 14.3 Å². The van der Waals surface area contributed by atoms with E-state index in [2.05, 4.69) is 10.5 Å². The molecule has 0 aliphatic carbocycles. The number of carbonyl (C=O) groups excluding carboxylic acids is 1. The van der Waals surface area contributed by atoms with Crippen molar-refractivity contribution in [3.8, 4) is 11.5 Å². The lowest BCUT2D eigenvalue weighted by Gasteiger charge is -2.29. The molecule has 2 aliphatic rings. The molecule has 2 heterocycles. The number of ether oxygens (including phenoxy) is 2. The fourth-order valence-electron chi connectivity index (χ4n) is 2.79. The molecule has 1 atom stereocenters. The van der Waals surface area contributed by atoms with E-state index in [9.17, 15) is 4.79 Å². The summed E-state index contributed by atoms with van der Waals surface area (Å²) in [7, 11) is 3.21. The predicted molar refractivity (Wildman–Crippen MR) is 74.3 cm³/mol. The van der Waals surface area contributed by atoms with Crippen molar-refractivity contribution in [2.45, 2.75) is 18.9 Å². The fraction of sp³-hybridized carbons (Fsp3) is 0.429. The molecule has 3 rings (SSSR count). The van der Waals surface area contributed by atoms with Gasteiger partial charge in [0.1, 0.15) is 0 Å². The molecule has 0 aromatic heterocycles. The average Bonchev–Trinajstić information content (AvgIpc) is 2.97. The molecule has 1 N–H and O–H groups in total. The zero-order chi connectivity index (χ0) is 14.1. The van der Waals surface area contributed by atoms with Crippen LogP contribution in [0.4, 0.5) is 4.79 Å². The maximum atomic E-state index is 11.7. The van der Waals surface area contributed by atoms with E-state index in [4.69, 9.17) is 9.47 Å². The molecule has 0 radical (unpaired) electrons. The second kappa shape index (κ2) is 5.03. The van der Waals surface area contributed by atoms with Gasteiger partial charge in [-0.1, -0.05) is 0 Å². The van der Waals surface area contributed by atoms with Gasteiger partial charge in [0.2, 0.25) is 0 Å². The van der Waals surface area contributed by atoms with Gasteiger partial charge in [0.15, 0.2) is 11.5 Å². The van der Waals surface area contributed by atoms with Crippen LogP contribution in [0.5, 0.6) is 11.5 Å². The van der Waals surface area contributed by atoms with Gasteiger partial charge in [-0.15, -0.1) is 0 Å². The molecule has 6 heteroatoms. The Kier molecular flexibility index (Phi) is 3.22. The summed E-state index contributed by atoms with van der Waals surface area (Å²) < 4.78 is 10.6. The van der Waals surface area contributed by atoms with Gasteiger partial charge in [-0.25, -0.2) is 10.2 Å². The lowest BCUT2D eigenvalue weighted by atomic mass is 10.0. The summed E-state index contributed by atoms with van der Waals surface area (Å²) in [6.45, 7) is 0.781. The minimum Gasteiger partial charge on any atom is -0.493 e. The largest absolute Gasteiger partial charge is 0.493 e. The molecule has 1 unspecified atom stereocenters. The second-order valence-corrected chi connectivity index (χ2v) is 4.84. The van der Waals surface area contributed by atoms with Crippen LogP contribution in [-0.4, -0.2) is 43.4 Å². The van der Waals surface area contributed by atoms with Gasteiger partial charge >= 0.3 is 6.03 Å². The number of methoxy groups -OCH3 is 2. The van der Waals surface area contributed by atoms with Crippen LogP contribution < -0.4 is 14.9 Å². The number of amides is 2. The third-order valence-corrected chi connectivity index (χ3v) is 3.78. The van der Waals surface area contributed by atoms with Crippen LogP contribution in [-0.2, 0) is 0 Å². The van der Waals surface area contributed by atoms with Crippen molar-refractivity contribution in [2.75, 3.05) is 20.8 Å². The number of nitrogens with one attached hydrogen (secondary N) is 1. The van der Waals surface area contributed by atoms with Gasteiger partial charge in [0.25, 0.3) is 0 Å². The Morgan fingerprint density at radius 1 is 1.30 bits per heavy atom. The topological polar surface area (TPSA) is 63.2 Å². The van der Waals surface area contributed by atoms with E-state index in [1.165, 1.54) is 0 Å². The molecule has 1 saturated heterocycles. The molecule has 0 bridgehead atoms. The fourth-order valence-corrected chi connectivity index (χ4v) is 2.79. The van der Waals surface area contributed by atoms with E-state index in [1.807, 2.05) is 23.1 Å². The SMILES string of the molecule is COc1ccc(C2=NNC(=O)N3CCCC23)cc1OC. The van der Waals surface area contributed by atoms with Gasteiger partial charge < -0.3 is 14.4 Å². The number of urea groups is 1. The van der Waals surface area contributed by atoms with Crippen LogP contribution in [0, 0.1) is 0 Å². The summed E-state index contributed by atoms with van der Waals surface area (Å²) in [4.78, 5) is 13.6. The van der Waals surface area contributed by atoms with Crippen LogP contribution in [0.1, 0.15) is 18.4 Å². The van der Waals surface area contributed by atoms with Crippen LogP contribution in [0.15, 0.2) is 23.3 Å². The zero-order valence-corrected chi connectivity index (χ0v) is 11.5. The van der Waals surface area contributed by atoms with Gasteiger partial charge in [0, 0.05) is 12.1 Å². The van der Waals surface area contributed by atoms with Gasteiger partial charge in [-0.2, -0.15) is 5.10 Å². The molecule has 2 aliphatic heterocycles. The highest BCUT2D eigenvalue weighted by Gasteiger charge is 2.36. The van der Waals surface area contributed by atoms with E-state index < -0.39 is 0 Å². The number of hydrazone groups is 1. The molecule has 1 aromatic carbocycles. The maximum absolute atomic E-state index is 11.7. The Hall–Kier alpha value is -2.24. The van der Waals surface area contributed by atoms with Crippen LogP contribution >= 0.6 is 0 Å². The quantitative estimate of drug-likeness (QED) is 0.911. The number of rotatable bonds is 3. The van der Waals surface area contributed by atoms with Crippen molar-refractivity contribution in [1.82, 2.24) is 10.3 Å². The van der Waals surface area contributed by atoms with Crippen molar-refractivity contribution >= 4 is 11.7 Å². The highest BCUT2D eigenvalue weighted by Crippen LogP contribution is 2.30. The highest BCUT2D eigenvalue weighted by molar-refractivity contribution is 6.08. The van der Waals surface area contributed by atoms with Crippen molar-refractivity contribution in [3.05, 3.63) is 23.8 Å². The monoisotopic (exact) mass is 275 g/mol. The lowest BCUT2D eigenvalue weighted by molar-refractivity contribution is 0.199. The first-order chi connectivity index (χ1) is 9.74. The second-order valence-electron chi connectivity index (χ2n) is 4.84. The number of hydrogen-bond donors (Lipinski definition) is 1. The average molecular weight is 275 g/mol.